The van der Waals surface area contributed by atoms with E-state index in [9.17, 15) is 5.11 Å². The minimum atomic E-state index is -0.773. The van der Waals surface area contributed by atoms with Gasteiger partial charge in [0.15, 0.2) is 0 Å². The number of aliphatic hydroxyl groups is 2. The van der Waals surface area contributed by atoms with Crippen LogP contribution in [0.5, 0.6) is 0 Å². The minimum Gasteiger partial charge on any atom is -0.390 e. The van der Waals surface area contributed by atoms with Gasteiger partial charge in [-0.2, -0.15) is 0 Å². The fourth-order valence-corrected chi connectivity index (χ4v) is 1.04. The monoisotopic (exact) mass is 166 g/mol. The van der Waals surface area contributed by atoms with Crippen LogP contribution in [0.15, 0.2) is 24.3 Å². The fourth-order valence-electron chi connectivity index (χ4n) is 1.04. The van der Waals surface area contributed by atoms with E-state index in [0.29, 0.717) is 0 Å². The van der Waals surface area contributed by atoms with Gasteiger partial charge >= 0.3 is 0 Å². The number of hydrogen-bond donors (Lipinski definition) is 2. The minimum absolute atomic E-state index is 0.715. The van der Waals surface area contributed by atoms with E-state index in [4.69, 9.17) is 5.11 Å². The van der Waals surface area contributed by atoms with Crippen molar-refractivity contribution in [2.75, 3.05) is 0 Å². The summed E-state index contributed by atoms with van der Waals surface area (Å²) >= 11 is 0. The Balaban J connectivity index is 2.82. The zero-order valence-corrected chi connectivity index (χ0v) is 7.36. The number of hydrogen-bond acceptors (Lipinski definition) is 2. The Bertz CT molecular complexity index is 239. The molecular formula is C10H14O2. The first-order valence-corrected chi connectivity index (χ1v) is 4.04. The summed E-state index contributed by atoms with van der Waals surface area (Å²) in [4.78, 5) is 0. The zero-order chi connectivity index (χ0) is 9.14. The second-order valence-electron chi connectivity index (χ2n) is 3.10. The van der Waals surface area contributed by atoms with Crippen molar-refractivity contribution in [3.63, 3.8) is 0 Å². The first-order valence-electron chi connectivity index (χ1n) is 4.04. The van der Waals surface area contributed by atoms with Crippen molar-refractivity contribution in [3.05, 3.63) is 35.4 Å². The molecule has 12 heavy (non-hydrogen) atoms. The van der Waals surface area contributed by atoms with Crippen LogP contribution >= 0.6 is 0 Å². The van der Waals surface area contributed by atoms with Crippen molar-refractivity contribution in [2.24, 2.45) is 0 Å². The van der Waals surface area contributed by atoms with Gasteiger partial charge in [0.25, 0.3) is 0 Å². The van der Waals surface area contributed by atoms with E-state index in [1.807, 2.05) is 31.2 Å². The van der Waals surface area contributed by atoms with E-state index < -0.39 is 12.2 Å². The molecule has 0 aliphatic heterocycles. The third-order valence-electron chi connectivity index (χ3n) is 1.88. The summed E-state index contributed by atoms with van der Waals surface area (Å²) in [6, 6.07) is 7.49. The lowest BCUT2D eigenvalue weighted by molar-refractivity contribution is 0.0305. The summed E-state index contributed by atoms with van der Waals surface area (Å²) < 4.78 is 0. The van der Waals surface area contributed by atoms with Crippen molar-refractivity contribution in [1.82, 2.24) is 0 Å². The first kappa shape index (κ1) is 9.23. The molecule has 0 saturated carbocycles. The first-order chi connectivity index (χ1) is 5.61. The van der Waals surface area contributed by atoms with Crippen LogP contribution in [0.25, 0.3) is 0 Å². The van der Waals surface area contributed by atoms with Gasteiger partial charge < -0.3 is 10.2 Å². The van der Waals surface area contributed by atoms with Gasteiger partial charge in [-0.25, -0.2) is 0 Å². The van der Waals surface area contributed by atoms with Crippen LogP contribution in [0.4, 0.5) is 0 Å². The van der Waals surface area contributed by atoms with Gasteiger partial charge in [0.2, 0.25) is 0 Å². The summed E-state index contributed by atoms with van der Waals surface area (Å²) in [6.45, 7) is 3.56. The molecular weight excluding hydrogens is 152 g/mol. The van der Waals surface area contributed by atoms with Crippen LogP contribution in [0.3, 0.4) is 0 Å². The van der Waals surface area contributed by atoms with Crippen LogP contribution in [-0.2, 0) is 0 Å². The van der Waals surface area contributed by atoms with Gasteiger partial charge in [0.1, 0.15) is 6.10 Å². The van der Waals surface area contributed by atoms with E-state index in [1.54, 1.807) is 6.92 Å². The molecule has 0 amide bonds. The second kappa shape index (κ2) is 3.70. The summed E-state index contributed by atoms with van der Waals surface area (Å²) in [6.07, 6.45) is -1.49. The highest BCUT2D eigenvalue weighted by atomic mass is 16.3. The Morgan fingerprint density at radius 3 is 2.00 bits per heavy atom. The lowest BCUT2D eigenvalue weighted by Crippen LogP contribution is -2.13. The summed E-state index contributed by atoms with van der Waals surface area (Å²) in [7, 11) is 0. The molecule has 0 aromatic heterocycles. The van der Waals surface area contributed by atoms with Crippen molar-refractivity contribution in [1.29, 1.82) is 0 Å². The number of aliphatic hydroxyl groups excluding tert-OH is 2. The molecule has 2 N–H and O–H groups in total. The smallest absolute Gasteiger partial charge is 0.105 e. The predicted molar refractivity (Wildman–Crippen MR) is 47.8 cm³/mol. The van der Waals surface area contributed by atoms with Crippen molar-refractivity contribution in [3.8, 4) is 0 Å². The molecule has 0 aliphatic carbocycles. The van der Waals surface area contributed by atoms with Crippen molar-refractivity contribution < 1.29 is 10.2 Å². The highest BCUT2D eigenvalue weighted by molar-refractivity contribution is 5.23. The van der Waals surface area contributed by atoms with Gasteiger partial charge in [0.05, 0.1) is 6.10 Å². The molecule has 1 rings (SSSR count). The summed E-state index contributed by atoms with van der Waals surface area (Å²) in [5.41, 5.74) is 1.91. The molecule has 2 heteroatoms. The van der Waals surface area contributed by atoms with Crippen LogP contribution in [0.1, 0.15) is 24.2 Å². The normalized spacial score (nSPS) is 15.7. The molecule has 0 spiro atoms. The van der Waals surface area contributed by atoms with Crippen molar-refractivity contribution >= 4 is 0 Å². The number of benzene rings is 1. The zero-order valence-electron chi connectivity index (χ0n) is 7.36. The largest absolute Gasteiger partial charge is 0.390 e. The lowest BCUT2D eigenvalue weighted by atomic mass is 10.0. The van der Waals surface area contributed by atoms with Crippen molar-refractivity contribution in [2.45, 2.75) is 26.1 Å². The Kier molecular flexibility index (Phi) is 2.84. The third kappa shape index (κ3) is 2.06. The van der Waals surface area contributed by atoms with E-state index in [0.717, 1.165) is 11.1 Å². The van der Waals surface area contributed by atoms with E-state index >= 15 is 0 Å². The topological polar surface area (TPSA) is 40.5 Å². The van der Waals surface area contributed by atoms with Gasteiger partial charge in [-0.05, 0) is 19.4 Å². The van der Waals surface area contributed by atoms with Crippen LogP contribution in [-0.4, -0.2) is 16.3 Å². The molecule has 1 aromatic carbocycles. The second-order valence-corrected chi connectivity index (χ2v) is 3.10. The maximum atomic E-state index is 9.44. The highest BCUT2D eigenvalue weighted by Gasteiger charge is 2.12. The Hall–Kier alpha value is -0.860. The Labute approximate surface area is 72.5 Å². The Morgan fingerprint density at radius 2 is 1.58 bits per heavy atom. The van der Waals surface area contributed by atoms with Crippen LogP contribution < -0.4 is 0 Å². The maximum Gasteiger partial charge on any atom is 0.105 e. The number of aryl methyl sites for hydroxylation is 1. The molecule has 0 fully saturated rings. The molecule has 0 unspecified atom stereocenters. The number of rotatable bonds is 2. The van der Waals surface area contributed by atoms with E-state index in [1.165, 1.54) is 0 Å². The summed E-state index contributed by atoms with van der Waals surface area (Å²) in [5, 5.41) is 18.5. The van der Waals surface area contributed by atoms with Gasteiger partial charge in [-0.3, -0.25) is 0 Å². The standard InChI is InChI=1S/C10H14O2/c1-7-3-5-9(6-4-7)10(12)8(2)11/h3-6,8,10-12H,1-2H3/t8-,10+/m0/s1. The quantitative estimate of drug-likeness (QED) is 0.697. The Morgan fingerprint density at radius 1 is 1.08 bits per heavy atom. The maximum absolute atomic E-state index is 9.44. The summed E-state index contributed by atoms with van der Waals surface area (Å²) in [5.74, 6) is 0. The average molecular weight is 166 g/mol. The third-order valence-corrected chi connectivity index (χ3v) is 1.88. The lowest BCUT2D eigenvalue weighted by Gasteiger charge is -2.13. The average Bonchev–Trinajstić information content (AvgIpc) is 2.04. The fraction of sp³-hybridized carbons (Fsp3) is 0.400. The molecule has 0 heterocycles. The predicted octanol–water partition coefficient (Wildman–Crippen LogP) is 1.41. The van der Waals surface area contributed by atoms with Gasteiger partial charge in [-0.15, -0.1) is 0 Å². The SMILES string of the molecule is Cc1ccc([C@H](O)[C@H](C)O)cc1. The molecule has 0 saturated heterocycles. The molecule has 2 atom stereocenters. The molecule has 0 bridgehead atoms. The van der Waals surface area contributed by atoms with Gasteiger partial charge in [0, 0.05) is 0 Å². The molecule has 1 aromatic rings. The molecule has 0 aliphatic rings. The van der Waals surface area contributed by atoms with Crippen LogP contribution in [0.2, 0.25) is 0 Å². The molecule has 2 nitrogen and oxygen atoms in total. The molecule has 66 valence electrons. The van der Waals surface area contributed by atoms with Crippen LogP contribution in [0, 0.1) is 6.92 Å². The van der Waals surface area contributed by atoms with E-state index in [2.05, 4.69) is 0 Å². The van der Waals surface area contributed by atoms with E-state index in [-0.39, 0.29) is 0 Å². The highest BCUT2D eigenvalue weighted by Crippen LogP contribution is 2.16. The molecule has 0 radical (unpaired) electrons. The van der Waals surface area contributed by atoms with Gasteiger partial charge in [-0.1, -0.05) is 29.8 Å².